The number of carboxylic acid groups (broad SMARTS) is 2. The minimum atomic E-state index is -1.04. The summed E-state index contributed by atoms with van der Waals surface area (Å²) in [6, 6.07) is 4.07. The second-order valence-corrected chi connectivity index (χ2v) is 7.68. The summed E-state index contributed by atoms with van der Waals surface area (Å²) in [4.78, 5) is 25.8. The minimum absolute atomic E-state index is 0.0202. The van der Waals surface area contributed by atoms with Crippen molar-refractivity contribution < 1.29 is 19.8 Å². The average molecular weight is 337 g/mol. The van der Waals surface area contributed by atoms with Crippen LogP contribution in [0.1, 0.15) is 33.7 Å². The van der Waals surface area contributed by atoms with E-state index in [2.05, 4.69) is 0 Å². The number of rotatable bonds is 7. The number of aryl methyl sites for hydroxylation is 4. The highest BCUT2D eigenvalue weighted by Gasteiger charge is 2.14. The van der Waals surface area contributed by atoms with E-state index in [1.807, 2.05) is 26.0 Å². The van der Waals surface area contributed by atoms with Crippen LogP contribution in [0.4, 0.5) is 0 Å². The van der Waals surface area contributed by atoms with Gasteiger partial charge in [-0.15, -0.1) is 22.7 Å². The van der Waals surface area contributed by atoms with E-state index in [1.54, 1.807) is 22.7 Å². The van der Waals surface area contributed by atoms with Crippen LogP contribution in [-0.4, -0.2) is 17.0 Å². The molecule has 0 aliphatic rings. The molecule has 2 aromatic rings. The van der Waals surface area contributed by atoms with E-state index in [0.29, 0.717) is 12.8 Å². The van der Waals surface area contributed by atoms with Gasteiger partial charge < -0.3 is 15.0 Å². The second-order valence-electron chi connectivity index (χ2n) is 5.17. The zero-order valence-corrected chi connectivity index (χ0v) is 14.1. The maximum absolute atomic E-state index is 10.8. The molecule has 0 saturated carbocycles. The number of hydrogen-bond acceptors (Lipinski definition) is 5. The van der Waals surface area contributed by atoms with Gasteiger partial charge in [-0.3, -0.25) is 4.79 Å². The highest BCUT2D eigenvalue weighted by Crippen LogP contribution is 2.39. The van der Waals surface area contributed by atoms with Gasteiger partial charge >= 0.3 is 5.97 Å². The number of carboxylic acids is 2. The predicted molar refractivity (Wildman–Crippen MR) is 86.4 cm³/mol. The number of aliphatic carboxylic acids is 2. The quantitative estimate of drug-likeness (QED) is 0.843. The largest absolute Gasteiger partial charge is 0.550 e. The fourth-order valence-corrected chi connectivity index (χ4v) is 4.59. The summed E-state index contributed by atoms with van der Waals surface area (Å²) in [5.74, 6) is -1.84. The summed E-state index contributed by atoms with van der Waals surface area (Å²) in [7, 11) is 0. The molecule has 6 heteroatoms. The normalized spacial score (nSPS) is 10.8. The summed E-state index contributed by atoms with van der Waals surface area (Å²) in [5, 5.41) is 19.5. The average Bonchev–Trinajstić information content (AvgIpc) is 2.97. The molecule has 2 aromatic heterocycles. The van der Waals surface area contributed by atoms with E-state index >= 15 is 0 Å². The highest BCUT2D eigenvalue weighted by molar-refractivity contribution is 7.22. The Morgan fingerprint density at radius 3 is 2.41 bits per heavy atom. The molecule has 0 aromatic carbocycles. The molecule has 2 rings (SSSR count). The van der Waals surface area contributed by atoms with E-state index in [0.717, 1.165) is 30.6 Å². The Labute approximate surface area is 137 Å². The third kappa shape index (κ3) is 4.18. The maximum Gasteiger partial charge on any atom is 0.303 e. The number of thiophene rings is 2. The summed E-state index contributed by atoms with van der Waals surface area (Å²) in [6.45, 7) is 3.99. The molecule has 0 unspecified atom stereocenters. The van der Waals surface area contributed by atoms with Crippen LogP contribution < -0.4 is 5.11 Å². The first-order valence-corrected chi connectivity index (χ1v) is 8.60. The number of carbonyl (C=O) groups excluding carboxylic acids is 1. The van der Waals surface area contributed by atoms with Crippen LogP contribution in [0.2, 0.25) is 0 Å². The van der Waals surface area contributed by atoms with Crippen LogP contribution in [-0.2, 0) is 22.4 Å². The van der Waals surface area contributed by atoms with E-state index in [4.69, 9.17) is 5.11 Å². The molecular formula is C16H17O4S2-. The number of hydrogen-bond donors (Lipinski definition) is 1. The van der Waals surface area contributed by atoms with Crippen molar-refractivity contribution in [3.63, 3.8) is 0 Å². The summed E-state index contributed by atoms with van der Waals surface area (Å²) >= 11 is 3.28. The minimum Gasteiger partial charge on any atom is -0.550 e. The van der Waals surface area contributed by atoms with Gasteiger partial charge in [0.05, 0.1) is 0 Å². The van der Waals surface area contributed by atoms with Crippen LogP contribution in [0.25, 0.3) is 9.75 Å². The van der Waals surface area contributed by atoms with Crippen LogP contribution in [0.5, 0.6) is 0 Å². The zero-order chi connectivity index (χ0) is 16.3. The fraction of sp³-hybridized carbons (Fsp3) is 0.375. The van der Waals surface area contributed by atoms with Gasteiger partial charge in [0, 0.05) is 31.9 Å². The SMILES string of the molecule is Cc1cc(CCC(=O)O)c(-c2cc(CCC(=O)[O-])c(C)s2)s1. The molecule has 0 spiro atoms. The molecule has 22 heavy (non-hydrogen) atoms. The molecule has 0 amide bonds. The van der Waals surface area contributed by atoms with Crippen molar-refractivity contribution in [1.82, 2.24) is 0 Å². The summed E-state index contributed by atoms with van der Waals surface area (Å²) in [5.41, 5.74) is 2.08. The van der Waals surface area contributed by atoms with Gasteiger partial charge in [-0.05, 0) is 56.4 Å². The molecule has 2 heterocycles. The third-order valence-corrected chi connectivity index (χ3v) is 5.75. The van der Waals surface area contributed by atoms with Crippen molar-refractivity contribution >= 4 is 34.6 Å². The van der Waals surface area contributed by atoms with Crippen LogP contribution in [0.3, 0.4) is 0 Å². The molecule has 0 aliphatic heterocycles. The molecular weight excluding hydrogens is 320 g/mol. The second kappa shape index (κ2) is 7.07. The molecule has 0 bridgehead atoms. The lowest BCUT2D eigenvalue weighted by molar-refractivity contribution is -0.305. The lowest BCUT2D eigenvalue weighted by atomic mass is 10.1. The van der Waals surface area contributed by atoms with Crippen molar-refractivity contribution in [1.29, 1.82) is 0 Å². The Hall–Kier alpha value is -1.66. The van der Waals surface area contributed by atoms with Gasteiger partial charge in [0.15, 0.2) is 0 Å². The maximum atomic E-state index is 10.8. The molecule has 0 fully saturated rings. The van der Waals surface area contributed by atoms with E-state index in [1.165, 1.54) is 0 Å². The topological polar surface area (TPSA) is 77.4 Å². The van der Waals surface area contributed by atoms with Gasteiger partial charge in [-0.25, -0.2) is 0 Å². The van der Waals surface area contributed by atoms with Crippen molar-refractivity contribution in [3.8, 4) is 9.75 Å². The lowest BCUT2D eigenvalue weighted by Gasteiger charge is -2.01. The fourth-order valence-electron chi connectivity index (χ4n) is 2.32. The predicted octanol–water partition coefficient (Wildman–Crippen LogP) is 2.79. The van der Waals surface area contributed by atoms with Crippen molar-refractivity contribution in [2.75, 3.05) is 0 Å². The third-order valence-electron chi connectivity index (χ3n) is 3.38. The first kappa shape index (κ1) is 16.7. The standard InChI is InChI=1S/C16H18O4S2/c1-9-7-12(4-6-15(19)20)16(21-9)13-8-11(10(2)22-13)3-5-14(17)18/h7-8H,3-6H2,1-2H3,(H,17,18)(H,19,20)/p-1. The molecule has 0 aliphatic carbocycles. The van der Waals surface area contributed by atoms with Gasteiger partial charge in [-0.1, -0.05) is 0 Å². The van der Waals surface area contributed by atoms with Crippen molar-refractivity contribution in [2.24, 2.45) is 0 Å². The van der Waals surface area contributed by atoms with Gasteiger partial charge in [-0.2, -0.15) is 0 Å². The first-order valence-electron chi connectivity index (χ1n) is 6.97. The Kier molecular flexibility index (Phi) is 5.37. The molecule has 0 radical (unpaired) electrons. The highest BCUT2D eigenvalue weighted by atomic mass is 32.1. The molecule has 0 saturated heterocycles. The Morgan fingerprint density at radius 2 is 1.77 bits per heavy atom. The first-order chi connectivity index (χ1) is 10.4. The Balaban J connectivity index is 2.26. The van der Waals surface area contributed by atoms with Crippen LogP contribution >= 0.6 is 22.7 Å². The molecule has 1 N–H and O–H groups in total. The van der Waals surface area contributed by atoms with Crippen molar-refractivity contribution in [2.45, 2.75) is 39.5 Å². The van der Waals surface area contributed by atoms with Gasteiger partial charge in [0.1, 0.15) is 0 Å². The van der Waals surface area contributed by atoms with Crippen LogP contribution in [0, 0.1) is 13.8 Å². The monoisotopic (exact) mass is 337 g/mol. The smallest absolute Gasteiger partial charge is 0.303 e. The molecule has 0 atom stereocenters. The van der Waals surface area contributed by atoms with Crippen molar-refractivity contribution in [3.05, 3.63) is 33.0 Å². The number of carbonyl (C=O) groups is 2. The molecule has 118 valence electrons. The Morgan fingerprint density at radius 1 is 1.09 bits per heavy atom. The summed E-state index contributed by atoms with van der Waals surface area (Å²) in [6.07, 6.45) is 1.12. The van der Waals surface area contributed by atoms with E-state index in [-0.39, 0.29) is 12.8 Å². The zero-order valence-electron chi connectivity index (χ0n) is 12.5. The van der Waals surface area contributed by atoms with Crippen LogP contribution in [0.15, 0.2) is 12.1 Å². The molecule has 4 nitrogen and oxygen atoms in total. The summed E-state index contributed by atoms with van der Waals surface area (Å²) < 4.78 is 0. The van der Waals surface area contributed by atoms with E-state index in [9.17, 15) is 14.7 Å². The van der Waals surface area contributed by atoms with Gasteiger partial charge in [0.2, 0.25) is 0 Å². The van der Waals surface area contributed by atoms with E-state index < -0.39 is 11.9 Å². The van der Waals surface area contributed by atoms with Gasteiger partial charge in [0.25, 0.3) is 0 Å². The Bertz CT molecular complexity index is 697. The lowest BCUT2D eigenvalue weighted by Crippen LogP contribution is -2.22.